The zero-order valence-electron chi connectivity index (χ0n) is 40.9. The van der Waals surface area contributed by atoms with Crippen molar-refractivity contribution in [1.29, 1.82) is 0 Å². The Bertz CT molecular complexity index is 951. The van der Waals surface area contributed by atoms with Crippen molar-refractivity contribution in [1.82, 2.24) is 5.32 Å². The molecule has 3 N–H and O–H groups in total. The van der Waals surface area contributed by atoms with Crippen LogP contribution < -0.4 is 5.32 Å². The Hall–Kier alpha value is -1.66. The first-order chi connectivity index (χ1) is 30.0. The molecule has 0 saturated heterocycles. The zero-order valence-corrected chi connectivity index (χ0v) is 40.9. The Morgan fingerprint density at radius 1 is 0.443 bits per heavy atom. The standard InChI is InChI=1S/C55H105NO5/c1-3-5-7-9-11-13-15-16-17-18-19-20-21-22-23-24-25-26-28-31-35-39-43-47-53(58)52(51-57)56-54(59)48-44-40-36-32-29-30-34-38-42-46-50-61-55(60)49-45-41-37-33-27-14-12-10-8-6-4-2/h10,12,30,34,52-53,57-58H,3-9,11,13-29,31-33,35-51H2,1-2H3,(H,56,59)/b12-10-,34-30-. The molecule has 0 radical (unpaired) electrons. The second-order valence-corrected chi connectivity index (χ2v) is 18.6. The Morgan fingerprint density at radius 3 is 1.21 bits per heavy atom. The Kier molecular flexibility index (Phi) is 49.6. The molecule has 0 fully saturated rings. The van der Waals surface area contributed by atoms with Gasteiger partial charge in [-0.25, -0.2) is 0 Å². The highest BCUT2D eigenvalue weighted by atomic mass is 16.5. The first kappa shape index (κ1) is 59.3. The molecule has 0 bridgehead atoms. The first-order valence-corrected chi connectivity index (χ1v) is 27.1. The molecule has 1 amide bonds. The Morgan fingerprint density at radius 2 is 0.787 bits per heavy atom. The number of aliphatic hydroxyl groups excluding tert-OH is 2. The number of nitrogens with one attached hydrogen (secondary N) is 1. The SMILES string of the molecule is CCCC/C=C\CCCCCCCC(=O)OCCCC/C=C\CCCCCCC(=O)NC(CO)C(O)CCCCCCCCCCCCCCCCCCCCCCCCC. The third-order valence-electron chi connectivity index (χ3n) is 12.5. The van der Waals surface area contributed by atoms with E-state index in [1.54, 1.807) is 0 Å². The van der Waals surface area contributed by atoms with Crippen LogP contribution in [-0.2, 0) is 14.3 Å². The molecule has 6 nitrogen and oxygen atoms in total. The van der Waals surface area contributed by atoms with E-state index in [0.29, 0.717) is 25.9 Å². The molecular weight excluding hydrogens is 755 g/mol. The topological polar surface area (TPSA) is 95.9 Å². The second-order valence-electron chi connectivity index (χ2n) is 18.6. The van der Waals surface area contributed by atoms with Crippen LogP contribution in [0.15, 0.2) is 24.3 Å². The number of amides is 1. The fourth-order valence-electron chi connectivity index (χ4n) is 8.26. The minimum Gasteiger partial charge on any atom is -0.466 e. The van der Waals surface area contributed by atoms with E-state index in [0.717, 1.165) is 77.0 Å². The molecule has 0 aliphatic heterocycles. The summed E-state index contributed by atoms with van der Waals surface area (Å²) in [6.45, 7) is 4.83. The first-order valence-electron chi connectivity index (χ1n) is 27.1. The van der Waals surface area contributed by atoms with Gasteiger partial charge in [0.15, 0.2) is 0 Å². The van der Waals surface area contributed by atoms with Crippen LogP contribution in [0.25, 0.3) is 0 Å². The average molecular weight is 860 g/mol. The van der Waals surface area contributed by atoms with E-state index >= 15 is 0 Å². The monoisotopic (exact) mass is 860 g/mol. The third-order valence-corrected chi connectivity index (χ3v) is 12.5. The molecule has 61 heavy (non-hydrogen) atoms. The van der Waals surface area contributed by atoms with Crippen molar-refractivity contribution in [2.24, 2.45) is 0 Å². The van der Waals surface area contributed by atoms with Crippen LogP contribution in [0, 0.1) is 0 Å². The summed E-state index contributed by atoms with van der Waals surface area (Å²) >= 11 is 0. The van der Waals surface area contributed by atoms with Crippen LogP contribution in [0.2, 0.25) is 0 Å². The van der Waals surface area contributed by atoms with Gasteiger partial charge < -0.3 is 20.3 Å². The summed E-state index contributed by atoms with van der Waals surface area (Å²) in [4.78, 5) is 24.4. The van der Waals surface area contributed by atoms with Gasteiger partial charge in [-0.3, -0.25) is 9.59 Å². The quantitative estimate of drug-likeness (QED) is 0.0322. The maximum Gasteiger partial charge on any atom is 0.305 e. The van der Waals surface area contributed by atoms with E-state index in [2.05, 4.69) is 43.5 Å². The number of rotatable bonds is 50. The van der Waals surface area contributed by atoms with Crippen LogP contribution in [0.1, 0.15) is 290 Å². The lowest BCUT2D eigenvalue weighted by molar-refractivity contribution is -0.143. The van der Waals surface area contributed by atoms with Gasteiger partial charge in [-0.1, -0.05) is 231 Å². The number of aliphatic hydroxyl groups is 2. The number of carbonyl (C=O) groups excluding carboxylic acids is 2. The lowest BCUT2D eigenvalue weighted by Crippen LogP contribution is -2.45. The number of esters is 1. The summed E-state index contributed by atoms with van der Waals surface area (Å²) in [5.74, 6) is -0.116. The molecule has 0 rings (SSSR count). The van der Waals surface area contributed by atoms with Crippen LogP contribution in [0.4, 0.5) is 0 Å². The van der Waals surface area contributed by atoms with Gasteiger partial charge in [-0.15, -0.1) is 0 Å². The molecule has 0 spiro atoms. The largest absolute Gasteiger partial charge is 0.466 e. The lowest BCUT2D eigenvalue weighted by atomic mass is 10.0. The minimum atomic E-state index is -0.687. The highest BCUT2D eigenvalue weighted by Crippen LogP contribution is 2.17. The van der Waals surface area contributed by atoms with Crippen molar-refractivity contribution in [3.63, 3.8) is 0 Å². The minimum absolute atomic E-state index is 0.0469. The van der Waals surface area contributed by atoms with E-state index in [1.165, 1.54) is 180 Å². The van der Waals surface area contributed by atoms with Crippen molar-refractivity contribution in [2.75, 3.05) is 13.2 Å². The second kappa shape index (κ2) is 51.0. The summed E-state index contributed by atoms with van der Waals surface area (Å²) in [5, 5.41) is 23.3. The van der Waals surface area contributed by atoms with Gasteiger partial charge in [-0.05, 0) is 70.6 Å². The van der Waals surface area contributed by atoms with Crippen LogP contribution in [-0.4, -0.2) is 47.4 Å². The van der Waals surface area contributed by atoms with E-state index in [1.807, 2.05) is 0 Å². The molecule has 0 aromatic heterocycles. The number of hydrogen-bond acceptors (Lipinski definition) is 5. The predicted molar refractivity (Wildman–Crippen MR) is 264 cm³/mol. The van der Waals surface area contributed by atoms with Crippen molar-refractivity contribution in [3.8, 4) is 0 Å². The van der Waals surface area contributed by atoms with Gasteiger partial charge in [0.2, 0.25) is 5.91 Å². The Balaban J connectivity index is 3.51. The third kappa shape index (κ3) is 47.7. The number of carbonyl (C=O) groups is 2. The molecule has 2 unspecified atom stereocenters. The molecule has 6 heteroatoms. The van der Waals surface area contributed by atoms with Crippen molar-refractivity contribution >= 4 is 11.9 Å². The molecule has 2 atom stereocenters. The summed E-state index contributed by atoms with van der Waals surface area (Å²) < 4.78 is 5.41. The summed E-state index contributed by atoms with van der Waals surface area (Å²) in [6, 6.07) is -0.568. The van der Waals surface area contributed by atoms with Crippen LogP contribution >= 0.6 is 0 Å². The summed E-state index contributed by atoms with van der Waals surface area (Å²) in [7, 11) is 0. The zero-order chi connectivity index (χ0) is 44.4. The molecule has 0 aromatic rings. The van der Waals surface area contributed by atoms with Gasteiger partial charge in [0, 0.05) is 12.8 Å². The smallest absolute Gasteiger partial charge is 0.305 e. The normalized spacial score (nSPS) is 12.8. The molecule has 0 saturated carbocycles. The van der Waals surface area contributed by atoms with E-state index in [9.17, 15) is 19.8 Å². The molecule has 360 valence electrons. The number of hydrogen-bond donors (Lipinski definition) is 3. The van der Waals surface area contributed by atoms with Gasteiger partial charge in [-0.2, -0.15) is 0 Å². The van der Waals surface area contributed by atoms with Crippen LogP contribution in [0.5, 0.6) is 0 Å². The van der Waals surface area contributed by atoms with Crippen molar-refractivity contribution < 1.29 is 24.5 Å². The predicted octanol–water partition coefficient (Wildman–Crippen LogP) is 16.3. The van der Waals surface area contributed by atoms with Gasteiger partial charge in [0.1, 0.15) is 0 Å². The van der Waals surface area contributed by atoms with Gasteiger partial charge in [0.25, 0.3) is 0 Å². The average Bonchev–Trinajstić information content (AvgIpc) is 3.26. The molecule has 0 heterocycles. The van der Waals surface area contributed by atoms with E-state index in [4.69, 9.17) is 4.74 Å². The molecule has 0 aliphatic rings. The fourth-order valence-corrected chi connectivity index (χ4v) is 8.26. The summed E-state index contributed by atoms with van der Waals surface area (Å²) in [6.07, 6.45) is 60.2. The summed E-state index contributed by atoms with van der Waals surface area (Å²) in [5.41, 5.74) is 0. The molecule has 0 aliphatic carbocycles. The van der Waals surface area contributed by atoms with E-state index in [-0.39, 0.29) is 18.5 Å². The number of unbranched alkanes of at least 4 members (excludes halogenated alkanes) is 35. The highest BCUT2D eigenvalue weighted by Gasteiger charge is 2.20. The lowest BCUT2D eigenvalue weighted by Gasteiger charge is -2.22. The molecule has 0 aromatic carbocycles. The Labute approximate surface area is 380 Å². The maximum absolute atomic E-state index is 12.5. The number of ether oxygens (including phenoxy) is 1. The van der Waals surface area contributed by atoms with Crippen molar-refractivity contribution in [2.45, 2.75) is 302 Å². The van der Waals surface area contributed by atoms with Gasteiger partial charge >= 0.3 is 5.97 Å². The highest BCUT2D eigenvalue weighted by molar-refractivity contribution is 5.76. The van der Waals surface area contributed by atoms with Gasteiger partial charge in [0.05, 0.1) is 25.4 Å². The number of allylic oxidation sites excluding steroid dienone is 4. The van der Waals surface area contributed by atoms with Crippen molar-refractivity contribution in [3.05, 3.63) is 24.3 Å². The maximum atomic E-state index is 12.5. The van der Waals surface area contributed by atoms with Crippen LogP contribution in [0.3, 0.4) is 0 Å². The fraction of sp³-hybridized carbons (Fsp3) is 0.891. The molecular formula is C55H105NO5. The van der Waals surface area contributed by atoms with E-state index < -0.39 is 12.1 Å².